The molecule has 0 N–H and O–H groups in total. The van der Waals surface area contributed by atoms with Crippen LogP contribution < -0.4 is 9.80 Å². The van der Waals surface area contributed by atoms with E-state index in [0.717, 1.165) is 11.2 Å². The molecule has 0 saturated carbocycles. The molecule has 2 rings (SSSR count). The van der Waals surface area contributed by atoms with E-state index in [2.05, 4.69) is 9.97 Å². The summed E-state index contributed by atoms with van der Waals surface area (Å²) < 4.78 is 10.6. The molecule has 0 atom stereocenters. The Morgan fingerprint density at radius 3 is 2.07 bits per heavy atom. The molecule has 11 heteroatoms. The highest BCUT2D eigenvalue weighted by Crippen LogP contribution is 2.33. The van der Waals surface area contributed by atoms with E-state index in [0.29, 0.717) is 11.2 Å². The fourth-order valence-corrected chi connectivity index (χ4v) is 2.56. The Morgan fingerprint density at radius 1 is 1.07 bits per heavy atom. The lowest BCUT2D eigenvalue weighted by molar-refractivity contribution is -0.119. The van der Waals surface area contributed by atoms with Gasteiger partial charge in [-0.3, -0.25) is 14.5 Å². The van der Waals surface area contributed by atoms with Crippen LogP contribution in [0.2, 0.25) is 0 Å². The number of carbonyl (C=O) groups excluding carboxylic acids is 5. The Labute approximate surface area is 173 Å². The van der Waals surface area contributed by atoms with Crippen molar-refractivity contribution in [2.75, 3.05) is 16.3 Å². The molecule has 0 fully saturated rings. The number of Topliss-reactive ketones (excluding diaryl/α,β-unsaturated/α-hetero) is 1. The quantitative estimate of drug-likeness (QED) is 0.532. The summed E-state index contributed by atoms with van der Waals surface area (Å²) in [7, 11) is 0. The second-order valence-corrected chi connectivity index (χ2v) is 8.46. The largest absolute Gasteiger partial charge is 0.443 e. The molecule has 0 aromatic carbocycles. The second-order valence-electron chi connectivity index (χ2n) is 8.46. The molecule has 1 aromatic rings. The van der Waals surface area contributed by atoms with Crippen molar-refractivity contribution in [2.45, 2.75) is 59.2 Å². The van der Waals surface area contributed by atoms with Crippen LogP contribution in [-0.4, -0.2) is 57.9 Å². The highest BCUT2D eigenvalue weighted by molar-refractivity contribution is 6.23. The van der Waals surface area contributed by atoms with E-state index in [1.54, 1.807) is 41.5 Å². The first-order valence-corrected chi connectivity index (χ1v) is 9.13. The second kappa shape index (κ2) is 8.17. The molecule has 3 amide bonds. The normalized spacial score (nSPS) is 14.1. The van der Waals surface area contributed by atoms with E-state index in [9.17, 15) is 24.0 Å². The van der Waals surface area contributed by atoms with E-state index in [1.807, 2.05) is 0 Å². The molecule has 0 radical (unpaired) electrons. The molecular weight excluding hydrogens is 396 g/mol. The van der Waals surface area contributed by atoms with E-state index in [-0.39, 0.29) is 17.9 Å². The first-order valence-electron chi connectivity index (χ1n) is 9.13. The lowest BCUT2D eigenvalue weighted by Crippen LogP contribution is -2.46. The third kappa shape index (κ3) is 5.16. The van der Waals surface area contributed by atoms with Crippen molar-refractivity contribution in [1.29, 1.82) is 0 Å². The maximum Gasteiger partial charge on any atom is 0.425 e. The number of ketones is 1. The lowest BCUT2D eigenvalue weighted by atomic mass is 10.0. The van der Waals surface area contributed by atoms with Gasteiger partial charge in [0.2, 0.25) is 5.91 Å². The van der Waals surface area contributed by atoms with Crippen molar-refractivity contribution in [2.24, 2.45) is 0 Å². The van der Waals surface area contributed by atoms with Crippen LogP contribution in [0.3, 0.4) is 0 Å². The zero-order valence-electron chi connectivity index (χ0n) is 17.7. The monoisotopic (exact) mass is 420 g/mol. The van der Waals surface area contributed by atoms with Crippen LogP contribution in [0.1, 0.15) is 58.3 Å². The molecule has 1 aliphatic rings. The Bertz CT molecular complexity index is 871. The predicted octanol–water partition coefficient (Wildman–Crippen LogP) is 2.27. The molecule has 0 bridgehead atoms. The van der Waals surface area contributed by atoms with Crippen molar-refractivity contribution in [3.63, 3.8) is 0 Å². The van der Waals surface area contributed by atoms with Gasteiger partial charge in [0, 0.05) is 0 Å². The first kappa shape index (κ1) is 22.9. The van der Waals surface area contributed by atoms with Gasteiger partial charge in [-0.05, 0) is 41.5 Å². The Morgan fingerprint density at radius 2 is 1.60 bits per heavy atom. The standard InChI is InChI=1S/C19H24N4O7/c1-18(2,3)29-16(27)23(17(28)30-19(4,5)6)15-13-11(25)9-12(26)22(7-8-24)14(13)20-10-21-15/h8,10H,7,9H2,1-6H3. The highest BCUT2D eigenvalue weighted by atomic mass is 16.6. The maximum atomic E-state index is 12.8. The van der Waals surface area contributed by atoms with Gasteiger partial charge in [0.05, 0.1) is 13.0 Å². The van der Waals surface area contributed by atoms with Crippen LogP contribution in [-0.2, 0) is 19.1 Å². The van der Waals surface area contributed by atoms with Crippen molar-refractivity contribution < 1.29 is 33.4 Å². The van der Waals surface area contributed by atoms with E-state index >= 15 is 0 Å². The van der Waals surface area contributed by atoms with Crippen molar-refractivity contribution in [1.82, 2.24) is 9.97 Å². The zero-order valence-corrected chi connectivity index (χ0v) is 17.7. The molecule has 30 heavy (non-hydrogen) atoms. The van der Waals surface area contributed by atoms with Crippen LogP contribution in [0, 0.1) is 0 Å². The van der Waals surface area contributed by atoms with Crippen LogP contribution in [0.5, 0.6) is 0 Å². The minimum absolute atomic E-state index is 0.175. The van der Waals surface area contributed by atoms with Gasteiger partial charge in [0.15, 0.2) is 17.4 Å². The highest BCUT2D eigenvalue weighted by Gasteiger charge is 2.41. The number of hydrogen-bond acceptors (Lipinski definition) is 9. The SMILES string of the molecule is CC(C)(C)OC(=O)N(C(=O)OC(C)(C)C)c1ncnc2c1C(=O)CC(=O)N2CC=O. The third-order valence-electron chi connectivity index (χ3n) is 3.58. The molecule has 1 aliphatic heterocycles. The van der Waals surface area contributed by atoms with Crippen molar-refractivity contribution in [3.8, 4) is 0 Å². The minimum atomic E-state index is -1.12. The Hall–Kier alpha value is -3.37. The number of fused-ring (bicyclic) bond motifs is 1. The van der Waals surface area contributed by atoms with Gasteiger partial charge in [0.25, 0.3) is 0 Å². The molecule has 11 nitrogen and oxygen atoms in total. The van der Waals surface area contributed by atoms with Crippen LogP contribution in [0.4, 0.5) is 21.2 Å². The average molecular weight is 420 g/mol. The molecule has 0 saturated heterocycles. The number of aldehydes is 1. The number of imide groups is 1. The molecule has 0 unspecified atom stereocenters. The molecule has 0 aliphatic carbocycles. The van der Waals surface area contributed by atoms with E-state index in [1.165, 1.54) is 0 Å². The van der Waals surface area contributed by atoms with Gasteiger partial charge in [-0.25, -0.2) is 19.6 Å². The summed E-state index contributed by atoms with van der Waals surface area (Å²) in [5.41, 5.74) is -2.18. The van der Waals surface area contributed by atoms with Gasteiger partial charge < -0.3 is 14.3 Å². The summed E-state index contributed by atoms with van der Waals surface area (Å²) in [6.07, 6.45) is -1.37. The van der Waals surface area contributed by atoms with Crippen molar-refractivity contribution in [3.05, 3.63) is 11.9 Å². The lowest BCUT2D eigenvalue weighted by Gasteiger charge is -2.31. The number of aromatic nitrogens is 2. The van der Waals surface area contributed by atoms with Crippen LogP contribution in [0.15, 0.2) is 6.33 Å². The molecule has 2 heterocycles. The summed E-state index contributed by atoms with van der Waals surface area (Å²) in [6.45, 7) is 9.25. The zero-order chi connectivity index (χ0) is 22.9. The fraction of sp³-hybridized carbons (Fsp3) is 0.526. The number of anilines is 2. The van der Waals surface area contributed by atoms with Crippen LogP contribution in [0.25, 0.3) is 0 Å². The number of hydrogen-bond donors (Lipinski definition) is 0. The summed E-state index contributed by atoms with van der Waals surface area (Å²) in [4.78, 5) is 70.8. The maximum absolute atomic E-state index is 12.8. The average Bonchev–Trinajstić information content (AvgIpc) is 2.55. The molecule has 0 spiro atoms. The van der Waals surface area contributed by atoms with Crippen LogP contribution >= 0.6 is 0 Å². The molecule has 162 valence electrons. The molecular formula is C19H24N4O7. The topological polar surface area (TPSA) is 136 Å². The summed E-state index contributed by atoms with van der Waals surface area (Å²) in [6, 6.07) is 0. The minimum Gasteiger partial charge on any atom is -0.443 e. The van der Waals surface area contributed by atoms with Crippen molar-refractivity contribution >= 4 is 41.8 Å². The van der Waals surface area contributed by atoms with E-state index in [4.69, 9.17) is 9.47 Å². The fourth-order valence-electron chi connectivity index (χ4n) is 2.56. The third-order valence-corrected chi connectivity index (χ3v) is 3.58. The summed E-state index contributed by atoms with van der Waals surface area (Å²) in [5.74, 6) is -1.91. The number of carbonyl (C=O) groups is 5. The number of ether oxygens (including phenoxy) is 2. The smallest absolute Gasteiger partial charge is 0.425 e. The van der Waals surface area contributed by atoms with Gasteiger partial charge in [0.1, 0.15) is 29.4 Å². The predicted molar refractivity (Wildman–Crippen MR) is 104 cm³/mol. The van der Waals surface area contributed by atoms with Gasteiger partial charge in [-0.2, -0.15) is 4.90 Å². The Balaban J connectivity index is 2.65. The van der Waals surface area contributed by atoms with E-state index < -0.39 is 47.3 Å². The summed E-state index contributed by atoms with van der Waals surface area (Å²) in [5, 5.41) is 0. The summed E-state index contributed by atoms with van der Waals surface area (Å²) >= 11 is 0. The van der Waals surface area contributed by atoms with Gasteiger partial charge >= 0.3 is 12.2 Å². The first-order chi connectivity index (χ1) is 13.7. The number of amides is 3. The van der Waals surface area contributed by atoms with Gasteiger partial charge in [-0.1, -0.05) is 0 Å². The Kier molecular flexibility index (Phi) is 6.24. The number of rotatable bonds is 3. The molecule has 1 aromatic heterocycles. The van der Waals surface area contributed by atoms with Gasteiger partial charge in [-0.15, -0.1) is 0 Å². The number of nitrogens with zero attached hydrogens (tertiary/aromatic N) is 4.